The first-order valence-electron chi connectivity index (χ1n) is 3.89. The van der Waals surface area contributed by atoms with E-state index in [9.17, 15) is 4.79 Å². The van der Waals surface area contributed by atoms with E-state index in [2.05, 4.69) is 28.5 Å². The van der Waals surface area contributed by atoms with Crippen LogP contribution in [-0.2, 0) is 14.3 Å². The second-order valence-corrected chi connectivity index (χ2v) is 2.27. The highest BCUT2D eigenvalue weighted by molar-refractivity contribution is 7.59. The van der Waals surface area contributed by atoms with Gasteiger partial charge in [0.2, 0.25) is 6.79 Å². The third-order valence-corrected chi connectivity index (χ3v) is 1.20. The smallest absolute Gasteiger partial charge is 0.295 e. The molecule has 0 N–H and O–H groups in total. The van der Waals surface area contributed by atoms with Gasteiger partial charge in [0.15, 0.2) is 0 Å². The number of aryl methyl sites for hydroxylation is 1. The number of benzene rings is 1. The first-order chi connectivity index (χ1) is 6.81. The molecule has 82 valence electrons. The molecule has 0 unspecified atom stereocenters. The van der Waals surface area contributed by atoms with Gasteiger partial charge in [-0.05, 0) is 6.92 Å². The highest BCUT2D eigenvalue weighted by atomic mass is 32.1. The second kappa shape index (κ2) is 12.3. The molecule has 5 heteroatoms. The van der Waals surface area contributed by atoms with E-state index in [0.29, 0.717) is 0 Å². The Balaban J connectivity index is 0. The lowest BCUT2D eigenvalue weighted by Gasteiger charge is -1.87. The van der Waals surface area contributed by atoms with Crippen LogP contribution in [0.2, 0.25) is 0 Å². The van der Waals surface area contributed by atoms with Crippen LogP contribution in [0.1, 0.15) is 5.56 Å². The number of nitriles is 1. The number of ether oxygens (including phenoxy) is 2. The van der Waals surface area contributed by atoms with Crippen LogP contribution >= 0.6 is 13.5 Å². The lowest BCUT2D eigenvalue weighted by Crippen LogP contribution is -1.91. The van der Waals surface area contributed by atoms with Crippen molar-refractivity contribution in [1.82, 2.24) is 0 Å². The van der Waals surface area contributed by atoms with Gasteiger partial charge in [-0.1, -0.05) is 35.9 Å². The average molecular weight is 227 g/mol. The summed E-state index contributed by atoms with van der Waals surface area (Å²) < 4.78 is 7.87. The fourth-order valence-electron chi connectivity index (χ4n) is 0.623. The molecule has 0 saturated heterocycles. The maximum atomic E-state index is 9.27. The van der Waals surface area contributed by atoms with Crippen molar-refractivity contribution in [2.45, 2.75) is 6.92 Å². The minimum absolute atomic E-state index is 0. The predicted molar refractivity (Wildman–Crippen MR) is 60.3 cm³/mol. The molecule has 0 bridgehead atoms. The summed E-state index contributed by atoms with van der Waals surface area (Å²) in [5, 5.41) is 7.62. The van der Waals surface area contributed by atoms with Crippen LogP contribution in [0.25, 0.3) is 0 Å². The van der Waals surface area contributed by atoms with Crippen LogP contribution in [-0.4, -0.2) is 13.3 Å². The summed E-state index contributed by atoms with van der Waals surface area (Å²) >= 11 is 0. The number of rotatable bonds is 3. The van der Waals surface area contributed by atoms with E-state index in [1.165, 1.54) is 11.8 Å². The lowest BCUT2D eigenvalue weighted by molar-refractivity contribution is -0.136. The fraction of sp³-hybridized carbons (Fsp3) is 0.200. The van der Waals surface area contributed by atoms with Crippen molar-refractivity contribution in [3.8, 4) is 6.26 Å². The quantitative estimate of drug-likeness (QED) is 0.341. The number of hydrogen-bond donors (Lipinski definition) is 0. The summed E-state index contributed by atoms with van der Waals surface area (Å²) in [6.07, 6.45) is 1.32. The first-order valence-corrected chi connectivity index (χ1v) is 3.89. The molecule has 0 aromatic heterocycles. The van der Waals surface area contributed by atoms with E-state index in [-0.39, 0.29) is 26.8 Å². The Morgan fingerprint density at radius 3 is 2.33 bits per heavy atom. The van der Waals surface area contributed by atoms with E-state index in [1.807, 2.05) is 18.2 Å². The van der Waals surface area contributed by atoms with E-state index in [1.54, 1.807) is 0 Å². The Morgan fingerprint density at radius 1 is 1.40 bits per heavy atom. The lowest BCUT2D eigenvalue weighted by atomic mass is 10.2. The summed E-state index contributed by atoms with van der Waals surface area (Å²) in [6.45, 7) is 2.00. The topological polar surface area (TPSA) is 59.3 Å². The number of carbonyl (C=O) groups excluding carboxylic acids is 1. The highest BCUT2D eigenvalue weighted by Crippen LogP contribution is 1.92. The SMILES string of the molecule is Cc1ccccc1.N#COCOC=O.S. The van der Waals surface area contributed by atoms with Crippen LogP contribution in [0.3, 0.4) is 0 Å². The standard InChI is InChI=1S/C7H8.C3H3NO3.H2S/c1-7-5-3-2-4-6-7;4-1-6-3-7-2-5;/h2-6H,1H3;2H,3H2;1H2. The van der Waals surface area contributed by atoms with Gasteiger partial charge in [-0.15, -0.1) is 0 Å². The molecular weight excluding hydrogens is 214 g/mol. The third kappa shape index (κ3) is 12.3. The summed E-state index contributed by atoms with van der Waals surface area (Å²) in [5.74, 6) is 0. The van der Waals surface area contributed by atoms with Crippen LogP contribution in [0, 0.1) is 18.4 Å². The monoisotopic (exact) mass is 227 g/mol. The Labute approximate surface area is 95.9 Å². The molecule has 0 atom stereocenters. The molecule has 0 radical (unpaired) electrons. The second-order valence-electron chi connectivity index (χ2n) is 2.27. The molecule has 1 aromatic carbocycles. The Hall–Kier alpha value is -1.67. The maximum Gasteiger partial charge on any atom is 0.295 e. The molecule has 1 aromatic rings. The predicted octanol–water partition coefficient (Wildman–Crippen LogP) is 1.72. The van der Waals surface area contributed by atoms with Gasteiger partial charge in [-0.2, -0.15) is 18.8 Å². The minimum atomic E-state index is -0.292. The molecule has 4 nitrogen and oxygen atoms in total. The Bertz CT molecular complexity index is 284. The molecular formula is C10H13NO3S. The normalized spacial score (nSPS) is 6.93. The molecule has 15 heavy (non-hydrogen) atoms. The van der Waals surface area contributed by atoms with Gasteiger partial charge in [0.05, 0.1) is 0 Å². The van der Waals surface area contributed by atoms with Gasteiger partial charge >= 0.3 is 0 Å². The highest BCUT2D eigenvalue weighted by Gasteiger charge is 1.74. The number of hydrogen-bond acceptors (Lipinski definition) is 4. The van der Waals surface area contributed by atoms with Crippen molar-refractivity contribution in [1.29, 1.82) is 5.26 Å². The Morgan fingerprint density at radius 2 is 2.00 bits per heavy atom. The summed E-state index contributed by atoms with van der Waals surface area (Å²) in [5.41, 5.74) is 1.32. The third-order valence-electron chi connectivity index (χ3n) is 1.20. The van der Waals surface area contributed by atoms with Gasteiger partial charge in [0, 0.05) is 0 Å². The van der Waals surface area contributed by atoms with Gasteiger partial charge in [-0.3, -0.25) is 4.79 Å². The van der Waals surface area contributed by atoms with Gasteiger partial charge in [0.25, 0.3) is 12.7 Å². The van der Waals surface area contributed by atoms with Gasteiger partial charge in [-0.25, -0.2) is 0 Å². The zero-order chi connectivity index (χ0) is 10.6. The summed E-state index contributed by atoms with van der Waals surface area (Å²) in [6, 6.07) is 10.3. The van der Waals surface area contributed by atoms with Crippen molar-refractivity contribution >= 4 is 20.0 Å². The zero-order valence-corrected chi connectivity index (χ0v) is 9.34. The average Bonchev–Trinajstić information content (AvgIpc) is 2.21. The molecule has 0 fully saturated rings. The first kappa shape index (κ1) is 15.8. The van der Waals surface area contributed by atoms with E-state index < -0.39 is 0 Å². The molecule has 0 amide bonds. The maximum absolute atomic E-state index is 9.27. The largest absolute Gasteiger partial charge is 0.429 e. The summed E-state index contributed by atoms with van der Waals surface area (Å²) in [7, 11) is 0. The molecule has 0 heterocycles. The van der Waals surface area contributed by atoms with Crippen molar-refractivity contribution in [3.63, 3.8) is 0 Å². The fourth-order valence-corrected chi connectivity index (χ4v) is 0.623. The molecule has 0 saturated carbocycles. The van der Waals surface area contributed by atoms with Crippen molar-refractivity contribution < 1.29 is 14.3 Å². The van der Waals surface area contributed by atoms with Crippen LogP contribution in [0.5, 0.6) is 0 Å². The van der Waals surface area contributed by atoms with E-state index >= 15 is 0 Å². The molecule has 0 aliphatic carbocycles. The van der Waals surface area contributed by atoms with Gasteiger partial charge < -0.3 is 9.47 Å². The summed E-state index contributed by atoms with van der Waals surface area (Å²) in [4.78, 5) is 9.27. The number of carbonyl (C=O) groups is 1. The van der Waals surface area contributed by atoms with Crippen LogP contribution in [0.4, 0.5) is 0 Å². The van der Waals surface area contributed by atoms with Crippen molar-refractivity contribution in [2.24, 2.45) is 0 Å². The number of nitrogens with zero attached hydrogens (tertiary/aromatic N) is 1. The molecule has 0 spiro atoms. The molecule has 0 aliphatic heterocycles. The zero-order valence-electron chi connectivity index (χ0n) is 8.34. The van der Waals surface area contributed by atoms with Crippen molar-refractivity contribution in [3.05, 3.63) is 35.9 Å². The van der Waals surface area contributed by atoms with E-state index in [4.69, 9.17) is 5.26 Å². The van der Waals surface area contributed by atoms with Crippen LogP contribution in [0.15, 0.2) is 30.3 Å². The van der Waals surface area contributed by atoms with Crippen molar-refractivity contribution in [2.75, 3.05) is 6.79 Å². The van der Waals surface area contributed by atoms with E-state index in [0.717, 1.165) is 0 Å². The minimum Gasteiger partial charge on any atom is -0.429 e. The van der Waals surface area contributed by atoms with Gasteiger partial charge in [0.1, 0.15) is 0 Å². The molecule has 0 aliphatic rings. The Kier molecular flexibility index (Phi) is 13.0. The van der Waals surface area contributed by atoms with Crippen LogP contribution < -0.4 is 0 Å². The molecule has 1 rings (SSSR count).